The van der Waals surface area contributed by atoms with Gasteiger partial charge in [-0.1, -0.05) is 6.07 Å². The van der Waals surface area contributed by atoms with Crippen molar-refractivity contribution in [1.82, 2.24) is 0 Å². The van der Waals surface area contributed by atoms with Gasteiger partial charge in [0, 0.05) is 17.7 Å². The van der Waals surface area contributed by atoms with Crippen molar-refractivity contribution < 1.29 is 18.3 Å². The van der Waals surface area contributed by atoms with E-state index in [0.717, 1.165) is 12.1 Å². The number of hydrogen-bond donors (Lipinski definition) is 2. The van der Waals surface area contributed by atoms with Gasteiger partial charge in [-0.25, -0.2) is 13.2 Å². The minimum Gasteiger partial charge on any atom is -0.508 e. The predicted molar refractivity (Wildman–Crippen MR) is 74.2 cm³/mol. The summed E-state index contributed by atoms with van der Waals surface area (Å²) in [4.78, 5) is 0. The van der Waals surface area contributed by atoms with Gasteiger partial charge in [-0.3, -0.25) is 0 Å². The lowest BCUT2D eigenvalue weighted by Gasteiger charge is -2.17. The predicted octanol–water partition coefficient (Wildman–Crippen LogP) is 4.75. The summed E-state index contributed by atoms with van der Waals surface area (Å²) in [7, 11) is 0. The highest BCUT2D eigenvalue weighted by Crippen LogP contribution is 2.28. The Hall–Kier alpha value is -1.69. The van der Waals surface area contributed by atoms with E-state index in [1.807, 2.05) is 0 Å². The molecule has 2 aromatic carbocycles. The lowest BCUT2D eigenvalue weighted by Crippen LogP contribution is -2.10. The number of phenols is 1. The zero-order valence-corrected chi connectivity index (χ0v) is 12.0. The second-order valence-corrected chi connectivity index (χ2v) is 5.17. The standard InChI is InChI=1S/C14H11BrF3NO/c1-7(9-3-2-8(20)4-11(9)16)19-14-5-10(15)12(17)6-13(14)18/h2-7,19-20H,1H3. The molecule has 0 aromatic heterocycles. The van der Waals surface area contributed by atoms with E-state index in [-0.39, 0.29) is 21.5 Å². The molecule has 2 rings (SSSR count). The van der Waals surface area contributed by atoms with Crippen molar-refractivity contribution in [3.63, 3.8) is 0 Å². The molecule has 0 aliphatic carbocycles. The van der Waals surface area contributed by atoms with Gasteiger partial charge in [0.05, 0.1) is 16.2 Å². The highest BCUT2D eigenvalue weighted by atomic mass is 79.9. The van der Waals surface area contributed by atoms with Crippen LogP contribution in [0, 0.1) is 17.5 Å². The molecule has 0 saturated carbocycles. The maximum absolute atomic E-state index is 13.7. The fourth-order valence-corrected chi connectivity index (χ4v) is 2.15. The lowest BCUT2D eigenvalue weighted by molar-refractivity contribution is 0.467. The van der Waals surface area contributed by atoms with Crippen molar-refractivity contribution in [2.45, 2.75) is 13.0 Å². The second kappa shape index (κ2) is 5.75. The van der Waals surface area contributed by atoms with E-state index < -0.39 is 23.5 Å². The molecule has 1 unspecified atom stereocenters. The SMILES string of the molecule is CC(Nc1cc(Br)c(F)cc1F)c1ccc(O)cc1F. The summed E-state index contributed by atoms with van der Waals surface area (Å²) in [6.45, 7) is 1.63. The third-order valence-corrected chi connectivity index (χ3v) is 3.44. The third-order valence-electron chi connectivity index (χ3n) is 2.83. The second-order valence-electron chi connectivity index (χ2n) is 4.32. The van der Waals surface area contributed by atoms with Gasteiger partial charge in [-0.05, 0) is 35.0 Å². The third kappa shape index (κ3) is 3.07. The monoisotopic (exact) mass is 345 g/mol. The molecule has 2 aromatic rings. The first-order chi connectivity index (χ1) is 9.38. The molecular formula is C14H11BrF3NO. The van der Waals surface area contributed by atoms with Crippen LogP contribution in [-0.4, -0.2) is 5.11 Å². The zero-order chi connectivity index (χ0) is 14.9. The van der Waals surface area contributed by atoms with E-state index in [2.05, 4.69) is 21.2 Å². The molecule has 6 heteroatoms. The summed E-state index contributed by atoms with van der Waals surface area (Å²) in [5.74, 6) is -2.27. The Balaban J connectivity index is 2.27. The van der Waals surface area contributed by atoms with E-state index in [9.17, 15) is 13.2 Å². The van der Waals surface area contributed by atoms with Crippen LogP contribution in [0.1, 0.15) is 18.5 Å². The zero-order valence-electron chi connectivity index (χ0n) is 10.4. The molecule has 20 heavy (non-hydrogen) atoms. The highest BCUT2D eigenvalue weighted by molar-refractivity contribution is 9.10. The van der Waals surface area contributed by atoms with E-state index in [4.69, 9.17) is 5.11 Å². The smallest absolute Gasteiger partial charge is 0.149 e. The molecule has 0 bridgehead atoms. The van der Waals surface area contributed by atoms with Crippen LogP contribution in [0.4, 0.5) is 18.9 Å². The van der Waals surface area contributed by atoms with Crippen molar-refractivity contribution in [3.05, 3.63) is 57.8 Å². The van der Waals surface area contributed by atoms with Gasteiger partial charge in [0.25, 0.3) is 0 Å². The molecule has 0 heterocycles. The quantitative estimate of drug-likeness (QED) is 0.787. The Labute approximate surface area is 122 Å². The summed E-state index contributed by atoms with van der Waals surface area (Å²) in [5.41, 5.74) is 0.320. The van der Waals surface area contributed by atoms with Gasteiger partial charge in [-0.15, -0.1) is 0 Å². The van der Waals surface area contributed by atoms with E-state index >= 15 is 0 Å². The number of phenolic OH excluding ortho intramolecular Hbond substituents is 1. The number of benzene rings is 2. The molecule has 0 saturated heterocycles. The average molecular weight is 346 g/mol. The lowest BCUT2D eigenvalue weighted by atomic mass is 10.1. The van der Waals surface area contributed by atoms with Crippen LogP contribution in [-0.2, 0) is 0 Å². The highest BCUT2D eigenvalue weighted by Gasteiger charge is 2.15. The van der Waals surface area contributed by atoms with Crippen LogP contribution < -0.4 is 5.32 Å². The number of halogens is 4. The van der Waals surface area contributed by atoms with Crippen molar-refractivity contribution >= 4 is 21.6 Å². The van der Waals surface area contributed by atoms with E-state index in [1.165, 1.54) is 18.2 Å². The van der Waals surface area contributed by atoms with Crippen LogP contribution in [0.15, 0.2) is 34.8 Å². The van der Waals surface area contributed by atoms with Crippen molar-refractivity contribution in [2.75, 3.05) is 5.32 Å². The summed E-state index contributed by atoms with van der Waals surface area (Å²) >= 11 is 2.96. The fraction of sp³-hybridized carbons (Fsp3) is 0.143. The molecule has 2 N–H and O–H groups in total. The summed E-state index contributed by atoms with van der Waals surface area (Å²) in [6.07, 6.45) is 0. The van der Waals surface area contributed by atoms with Gasteiger partial charge >= 0.3 is 0 Å². The molecule has 2 nitrogen and oxygen atoms in total. The summed E-state index contributed by atoms with van der Waals surface area (Å²) < 4.78 is 40.5. The Morgan fingerprint density at radius 1 is 1.05 bits per heavy atom. The van der Waals surface area contributed by atoms with Crippen LogP contribution in [0.2, 0.25) is 0 Å². The number of anilines is 1. The Bertz CT molecular complexity index is 649. The van der Waals surface area contributed by atoms with Crippen molar-refractivity contribution in [2.24, 2.45) is 0 Å². The molecule has 0 amide bonds. The van der Waals surface area contributed by atoms with Crippen LogP contribution in [0.25, 0.3) is 0 Å². The van der Waals surface area contributed by atoms with Gasteiger partial charge in [-0.2, -0.15) is 0 Å². The Morgan fingerprint density at radius 2 is 1.75 bits per heavy atom. The molecule has 0 aliphatic heterocycles. The van der Waals surface area contributed by atoms with Crippen molar-refractivity contribution in [1.29, 1.82) is 0 Å². The fourth-order valence-electron chi connectivity index (χ4n) is 1.81. The van der Waals surface area contributed by atoms with Crippen LogP contribution >= 0.6 is 15.9 Å². The summed E-state index contributed by atoms with van der Waals surface area (Å²) in [6, 6.07) is 5.16. The first-order valence-corrected chi connectivity index (χ1v) is 6.57. The minimum atomic E-state index is -0.767. The van der Waals surface area contributed by atoms with Crippen LogP contribution in [0.5, 0.6) is 5.75 Å². The molecular weight excluding hydrogens is 335 g/mol. The largest absolute Gasteiger partial charge is 0.508 e. The molecule has 1 atom stereocenters. The molecule has 0 spiro atoms. The number of rotatable bonds is 3. The van der Waals surface area contributed by atoms with Crippen LogP contribution in [0.3, 0.4) is 0 Å². The normalized spacial score (nSPS) is 12.2. The number of hydrogen-bond acceptors (Lipinski definition) is 2. The minimum absolute atomic E-state index is 0.0539. The van der Waals surface area contributed by atoms with Crippen molar-refractivity contribution in [3.8, 4) is 5.75 Å². The average Bonchev–Trinajstić information content (AvgIpc) is 2.35. The van der Waals surface area contributed by atoms with Gasteiger partial charge in [0.1, 0.15) is 23.2 Å². The van der Waals surface area contributed by atoms with Gasteiger partial charge in [0.2, 0.25) is 0 Å². The van der Waals surface area contributed by atoms with Gasteiger partial charge in [0.15, 0.2) is 0 Å². The van der Waals surface area contributed by atoms with E-state index in [1.54, 1.807) is 6.92 Å². The maximum atomic E-state index is 13.7. The molecule has 0 fully saturated rings. The molecule has 0 aliphatic rings. The Kier molecular flexibility index (Phi) is 4.23. The summed E-state index contributed by atoms with van der Waals surface area (Å²) in [5, 5.41) is 11.9. The topological polar surface area (TPSA) is 32.3 Å². The van der Waals surface area contributed by atoms with E-state index in [0.29, 0.717) is 0 Å². The molecule has 106 valence electrons. The first kappa shape index (κ1) is 14.7. The Morgan fingerprint density at radius 3 is 2.40 bits per heavy atom. The van der Waals surface area contributed by atoms with Gasteiger partial charge < -0.3 is 10.4 Å². The first-order valence-electron chi connectivity index (χ1n) is 5.78. The maximum Gasteiger partial charge on any atom is 0.149 e. The number of aromatic hydroxyl groups is 1. The number of nitrogens with one attached hydrogen (secondary N) is 1. The molecule has 0 radical (unpaired) electrons.